The van der Waals surface area contributed by atoms with E-state index in [-0.39, 0.29) is 25.5 Å². The van der Waals surface area contributed by atoms with Gasteiger partial charge in [-0.1, -0.05) is 13.8 Å². The molecule has 1 fully saturated rings. The predicted octanol–water partition coefficient (Wildman–Crippen LogP) is -0.560. The van der Waals surface area contributed by atoms with Crippen molar-refractivity contribution in [1.29, 1.82) is 0 Å². The first kappa shape index (κ1) is 21.4. The molecule has 0 bridgehead atoms. The van der Waals surface area contributed by atoms with Crippen LogP contribution in [-0.2, 0) is 24.4 Å². The first-order chi connectivity index (χ1) is 11.6. The summed E-state index contributed by atoms with van der Waals surface area (Å²) in [6, 6.07) is 0. The maximum absolute atomic E-state index is 12.2. The van der Waals surface area contributed by atoms with Gasteiger partial charge in [0, 0.05) is 33.2 Å². The first-order valence-electron chi connectivity index (χ1n) is 8.34. The van der Waals surface area contributed by atoms with E-state index in [1.165, 1.54) is 16.3 Å². The van der Waals surface area contributed by atoms with Gasteiger partial charge in [-0.25, -0.2) is 12.7 Å². The quantitative estimate of drug-likeness (QED) is 0.606. The standard InChI is InChI=1S/C15H27N3O6S/c1-4-18(5-2)25(23,24)11-14(20)16(3)10-13(19)17-8-6-12(7-9-17)15(21)22/h12H,4-11H2,1-3H3,(H,21,22). The second-order valence-corrected chi connectivity index (χ2v) is 8.05. The molecule has 0 aromatic rings. The summed E-state index contributed by atoms with van der Waals surface area (Å²) in [5.74, 6) is -2.91. The Morgan fingerprint density at radius 3 is 2.08 bits per heavy atom. The smallest absolute Gasteiger partial charge is 0.306 e. The third-order valence-electron chi connectivity index (χ3n) is 4.40. The van der Waals surface area contributed by atoms with Gasteiger partial charge in [0.05, 0.1) is 12.5 Å². The SMILES string of the molecule is CCN(CC)S(=O)(=O)CC(=O)N(C)CC(=O)N1CCC(C(=O)O)CC1. The van der Waals surface area contributed by atoms with E-state index in [9.17, 15) is 22.8 Å². The molecule has 144 valence electrons. The van der Waals surface area contributed by atoms with Crippen molar-refractivity contribution in [2.45, 2.75) is 26.7 Å². The maximum Gasteiger partial charge on any atom is 0.306 e. The summed E-state index contributed by atoms with van der Waals surface area (Å²) in [7, 11) is -2.30. The molecule has 1 aliphatic rings. The molecule has 2 amide bonds. The van der Waals surface area contributed by atoms with Gasteiger partial charge in [0.15, 0.2) is 0 Å². The number of rotatable bonds is 8. The molecular formula is C15H27N3O6S. The van der Waals surface area contributed by atoms with E-state index in [4.69, 9.17) is 5.11 Å². The average Bonchev–Trinajstić information content (AvgIpc) is 2.55. The van der Waals surface area contributed by atoms with E-state index in [0.717, 1.165) is 4.90 Å². The van der Waals surface area contributed by atoms with Crippen molar-refractivity contribution in [2.75, 3.05) is 45.5 Å². The van der Waals surface area contributed by atoms with Crippen molar-refractivity contribution < 1.29 is 27.9 Å². The van der Waals surface area contributed by atoms with E-state index >= 15 is 0 Å². The molecule has 0 atom stereocenters. The molecule has 1 heterocycles. The predicted molar refractivity (Wildman–Crippen MR) is 91.3 cm³/mol. The van der Waals surface area contributed by atoms with Gasteiger partial charge in [0.2, 0.25) is 21.8 Å². The summed E-state index contributed by atoms with van der Waals surface area (Å²) in [4.78, 5) is 37.9. The molecule has 1 saturated heterocycles. The molecule has 0 aromatic carbocycles. The number of carbonyl (C=O) groups excluding carboxylic acids is 2. The van der Waals surface area contributed by atoms with Crippen LogP contribution in [0, 0.1) is 5.92 Å². The largest absolute Gasteiger partial charge is 0.481 e. The zero-order valence-electron chi connectivity index (χ0n) is 15.0. The fourth-order valence-corrected chi connectivity index (χ4v) is 4.24. The Hall–Kier alpha value is -1.68. The van der Waals surface area contributed by atoms with Crippen LogP contribution in [0.1, 0.15) is 26.7 Å². The lowest BCUT2D eigenvalue weighted by Gasteiger charge is -2.31. The Bertz CT molecular complexity index is 594. The van der Waals surface area contributed by atoms with Crippen LogP contribution >= 0.6 is 0 Å². The minimum Gasteiger partial charge on any atom is -0.481 e. The number of carboxylic acid groups (broad SMARTS) is 1. The normalized spacial score (nSPS) is 16.1. The van der Waals surface area contributed by atoms with Gasteiger partial charge in [-0.05, 0) is 12.8 Å². The zero-order valence-corrected chi connectivity index (χ0v) is 15.8. The van der Waals surface area contributed by atoms with Gasteiger partial charge >= 0.3 is 5.97 Å². The molecule has 1 aliphatic heterocycles. The number of carbonyl (C=O) groups is 3. The molecule has 0 spiro atoms. The van der Waals surface area contributed by atoms with Crippen LogP contribution in [0.25, 0.3) is 0 Å². The van der Waals surface area contributed by atoms with Gasteiger partial charge in [0.1, 0.15) is 5.75 Å². The number of hydrogen-bond donors (Lipinski definition) is 1. The van der Waals surface area contributed by atoms with Gasteiger partial charge < -0.3 is 14.9 Å². The minimum atomic E-state index is -3.69. The molecule has 0 saturated carbocycles. The highest BCUT2D eigenvalue weighted by atomic mass is 32.2. The van der Waals surface area contributed by atoms with Crippen LogP contribution in [0.3, 0.4) is 0 Å². The van der Waals surface area contributed by atoms with Crippen molar-refractivity contribution >= 4 is 27.8 Å². The van der Waals surface area contributed by atoms with Crippen LogP contribution in [0.5, 0.6) is 0 Å². The number of likely N-dealkylation sites (tertiary alicyclic amines) is 1. The van der Waals surface area contributed by atoms with Crippen LogP contribution in [0.4, 0.5) is 0 Å². The van der Waals surface area contributed by atoms with Gasteiger partial charge in [-0.2, -0.15) is 0 Å². The lowest BCUT2D eigenvalue weighted by Crippen LogP contribution is -2.47. The van der Waals surface area contributed by atoms with E-state index in [0.29, 0.717) is 25.9 Å². The third kappa shape index (κ3) is 5.96. The molecule has 0 aromatic heterocycles. The van der Waals surface area contributed by atoms with E-state index in [1.807, 2.05) is 0 Å². The van der Waals surface area contributed by atoms with Crippen LogP contribution in [0.2, 0.25) is 0 Å². The molecule has 9 nitrogen and oxygen atoms in total. The van der Waals surface area contributed by atoms with Crippen molar-refractivity contribution in [3.05, 3.63) is 0 Å². The van der Waals surface area contributed by atoms with Crippen molar-refractivity contribution in [3.8, 4) is 0 Å². The van der Waals surface area contributed by atoms with Gasteiger partial charge in [-0.3, -0.25) is 14.4 Å². The second kappa shape index (κ2) is 9.14. The fourth-order valence-electron chi connectivity index (χ4n) is 2.74. The highest BCUT2D eigenvalue weighted by Gasteiger charge is 2.29. The zero-order chi connectivity index (χ0) is 19.2. The molecule has 0 radical (unpaired) electrons. The number of piperidine rings is 1. The Balaban J connectivity index is 2.55. The number of likely N-dealkylation sites (N-methyl/N-ethyl adjacent to an activating group) is 1. The Labute approximate surface area is 148 Å². The van der Waals surface area contributed by atoms with E-state index in [2.05, 4.69) is 0 Å². The van der Waals surface area contributed by atoms with Crippen LogP contribution in [-0.4, -0.2) is 90.9 Å². The van der Waals surface area contributed by atoms with E-state index < -0.39 is 33.6 Å². The maximum atomic E-state index is 12.2. The summed E-state index contributed by atoms with van der Waals surface area (Å²) in [6.45, 7) is 4.40. The monoisotopic (exact) mass is 377 g/mol. The topological polar surface area (TPSA) is 115 Å². The Morgan fingerprint density at radius 2 is 1.64 bits per heavy atom. The molecular weight excluding hydrogens is 350 g/mol. The Kier molecular flexibility index (Phi) is 7.81. The van der Waals surface area contributed by atoms with Crippen molar-refractivity contribution in [1.82, 2.24) is 14.1 Å². The number of hydrogen-bond acceptors (Lipinski definition) is 5. The number of amides is 2. The summed E-state index contributed by atoms with van der Waals surface area (Å²) >= 11 is 0. The Morgan fingerprint density at radius 1 is 1.12 bits per heavy atom. The molecule has 25 heavy (non-hydrogen) atoms. The second-order valence-electron chi connectivity index (χ2n) is 6.08. The fraction of sp³-hybridized carbons (Fsp3) is 0.800. The minimum absolute atomic E-state index is 0.218. The molecule has 10 heteroatoms. The number of nitrogens with zero attached hydrogens (tertiary/aromatic N) is 3. The number of aliphatic carboxylic acids is 1. The molecule has 1 rings (SSSR count). The molecule has 1 N–H and O–H groups in total. The van der Waals surface area contributed by atoms with Crippen LogP contribution in [0.15, 0.2) is 0 Å². The summed E-state index contributed by atoms with van der Waals surface area (Å²) in [5.41, 5.74) is 0. The van der Waals surface area contributed by atoms with E-state index in [1.54, 1.807) is 13.8 Å². The summed E-state index contributed by atoms with van der Waals surface area (Å²) in [6.07, 6.45) is 0.768. The van der Waals surface area contributed by atoms with Crippen LogP contribution < -0.4 is 0 Å². The molecule has 0 aliphatic carbocycles. The van der Waals surface area contributed by atoms with Gasteiger partial charge in [0.25, 0.3) is 0 Å². The summed E-state index contributed by atoms with van der Waals surface area (Å²) < 4.78 is 25.5. The highest BCUT2D eigenvalue weighted by molar-refractivity contribution is 7.89. The third-order valence-corrected chi connectivity index (χ3v) is 6.31. The average molecular weight is 377 g/mol. The van der Waals surface area contributed by atoms with Gasteiger partial charge in [-0.15, -0.1) is 0 Å². The van der Waals surface area contributed by atoms with Crippen molar-refractivity contribution in [3.63, 3.8) is 0 Å². The highest BCUT2D eigenvalue weighted by Crippen LogP contribution is 2.17. The number of sulfonamides is 1. The summed E-state index contributed by atoms with van der Waals surface area (Å²) in [5, 5.41) is 8.96. The van der Waals surface area contributed by atoms with Crippen molar-refractivity contribution in [2.24, 2.45) is 5.92 Å². The lowest BCUT2D eigenvalue weighted by molar-refractivity contribution is -0.146. The molecule has 0 unspecified atom stereocenters. The first-order valence-corrected chi connectivity index (χ1v) is 9.95. The lowest BCUT2D eigenvalue weighted by atomic mass is 9.97. The number of carboxylic acids is 1.